The topological polar surface area (TPSA) is 64.8 Å². The number of rotatable bonds is 3. The zero-order valence-electron chi connectivity index (χ0n) is 12.1. The molecule has 0 amide bonds. The van der Waals surface area contributed by atoms with E-state index in [0.717, 1.165) is 11.5 Å². The largest absolute Gasteiger partial charge is 0.329 e. The van der Waals surface area contributed by atoms with Crippen molar-refractivity contribution in [3.63, 3.8) is 0 Å². The summed E-state index contributed by atoms with van der Waals surface area (Å²) in [6, 6.07) is 8.01. The standard InChI is InChI=1S/C15H17N5/c1-10-5-6-13(7-11(10)2)20(4)15-8-14(17-9-16)18-12(3)19-15/h5-8H,1-4H3,(H,17,18,19). The van der Waals surface area contributed by atoms with E-state index < -0.39 is 0 Å². The molecule has 0 saturated heterocycles. The van der Waals surface area contributed by atoms with Gasteiger partial charge in [-0.2, -0.15) is 5.26 Å². The van der Waals surface area contributed by atoms with Crippen LogP contribution in [0.2, 0.25) is 0 Å². The Kier molecular flexibility index (Phi) is 3.85. The lowest BCUT2D eigenvalue weighted by Crippen LogP contribution is -2.13. The molecule has 20 heavy (non-hydrogen) atoms. The van der Waals surface area contributed by atoms with Gasteiger partial charge in [0.25, 0.3) is 0 Å². The molecule has 0 radical (unpaired) electrons. The first-order valence-corrected chi connectivity index (χ1v) is 6.33. The van der Waals surface area contributed by atoms with E-state index in [1.54, 1.807) is 13.0 Å². The predicted octanol–water partition coefficient (Wildman–Crippen LogP) is 3.06. The van der Waals surface area contributed by atoms with Gasteiger partial charge in [0.2, 0.25) is 0 Å². The summed E-state index contributed by atoms with van der Waals surface area (Å²) in [5.74, 6) is 1.88. The van der Waals surface area contributed by atoms with E-state index in [1.807, 2.05) is 18.1 Å². The number of aryl methyl sites for hydroxylation is 3. The number of hydrogen-bond donors (Lipinski definition) is 1. The summed E-state index contributed by atoms with van der Waals surface area (Å²) < 4.78 is 0. The first-order valence-electron chi connectivity index (χ1n) is 6.33. The molecule has 102 valence electrons. The van der Waals surface area contributed by atoms with E-state index in [-0.39, 0.29) is 0 Å². The number of aromatic nitrogens is 2. The van der Waals surface area contributed by atoms with Crippen molar-refractivity contribution in [1.82, 2.24) is 9.97 Å². The highest BCUT2D eigenvalue weighted by atomic mass is 15.2. The van der Waals surface area contributed by atoms with Gasteiger partial charge in [-0.15, -0.1) is 0 Å². The van der Waals surface area contributed by atoms with Gasteiger partial charge in [0.1, 0.15) is 17.5 Å². The molecular formula is C15H17N5. The molecule has 0 saturated carbocycles. The second kappa shape index (κ2) is 5.57. The van der Waals surface area contributed by atoms with Crippen molar-refractivity contribution >= 4 is 17.3 Å². The van der Waals surface area contributed by atoms with Crippen LogP contribution in [0.15, 0.2) is 24.3 Å². The zero-order chi connectivity index (χ0) is 14.7. The molecule has 1 aromatic carbocycles. The van der Waals surface area contributed by atoms with Crippen LogP contribution in [0.5, 0.6) is 0 Å². The highest BCUT2D eigenvalue weighted by Crippen LogP contribution is 2.25. The van der Waals surface area contributed by atoms with Crippen LogP contribution in [0.25, 0.3) is 0 Å². The molecule has 2 rings (SSSR count). The van der Waals surface area contributed by atoms with Gasteiger partial charge in [0.05, 0.1) is 0 Å². The molecular weight excluding hydrogens is 250 g/mol. The van der Waals surface area contributed by atoms with Gasteiger partial charge < -0.3 is 4.90 Å². The zero-order valence-corrected chi connectivity index (χ0v) is 12.1. The number of hydrogen-bond acceptors (Lipinski definition) is 5. The average Bonchev–Trinajstić information content (AvgIpc) is 2.41. The molecule has 5 nitrogen and oxygen atoms in total. The van der Waals surface area contributed by atoms with E-state index in [9.17, 15) is 0 Å². The minimum atomic E-state index is 0.505. The quantitative estimate of drug-likeness (QED) is 0.684. The lowest BCUT2D eigenvalue weighted by atomic mass is 10.1. The van der Waals surface area contributed by atoms with Crippen molar-refractivity contribution in [3.8, 4) is 6.19 Å². The lowest BCUT2D eigenvalue weighted by molar-refractivity contribution is 1.01. The number of benzene rings is 1. The predicted molar refractivity (Wildman–Crippen MR) is 80.0 cm³/mol. The van der Waals surface area contributed by atoms with Crippen molar-refractivity contribution in [2.75, 3.05) is 17.3 Å². The molecule has 1 N–H and O–H groups in total. The third kappa shape index (κ3) is 2.86. The Balaban J connectivity index is 2.39. The summed E-state index contributed by atoms with van der Waals surface area (Å²) in [6.07, 6.45) is 1.87. The Hall–Kier alpha value is -2.61. The molecule has 0 fully saturated rings. The average molecular weight is 267 g/mol. The normalized spacial score (nSPS) is 9.95. The Morgan fingerprint density at radius 3 is 2.50 bits per heavy atom. The van der Waals surface area contributed by atoms with Gasteiger partial charge in [0, 0.05) is 18.8 Å². The molecule has 5 heteroatoms. The van der Waals surface area contributed by atoms with E-state index in [0.29, 0.717) is 11.6 Å². The van der Waals surface area contributed by atoms with Crippen LogP contribution < -0.4 is 10.2 Å². The van der Waals surface area contributed by atoms with Crippen molar-refractivity contribution < 1.29 is 0 Å². The maximum absolute atomic E-state index is 8.69. The second-order valence-corrected chi connectivity index (χ2v) is 4.72. The van der Waals surface area contributed by atoms with Gasteiger partial charge >= 0.3 is 0 Å². The molecule has 0 atom stereocenters. The van der Waals surface area contributed by atoms with Gasteiger partial charge in [-0.05, 0) is 44.0 Å². The minimum absolute atomic E-state index is 0.505. The molecule has 0 bridgehead atoms. The van der Waals surface area contributed by atoms with Gasteiger partial charge in [-0.1, -0.05) is 6.07 Å². The first-order chi connectivity index (χ1) is 9.51. The van der Waals surface area contributed by atoms with Crippen LogP contribution in [0.1, 0.15) is 17.0 Å². The summed E-state index contributed by atoms with van der Waals surface area (Å²) >= 11 is 0. The fourth-order valence-corrected chi connectivity index (χ4v) is 1.91. The van der Waals surface area contributed by atoms with E-state index in [4.69, 9.17) is 5.26 Å². The molecule has 1 heterocycles. The van der Waals surface area contributed by atoms with Crippen LogP contribution in [-0.2, 0) is 0 Å². The SMILES string of the molecule is Cc1nc(NC#N)cc(N(C)c2ccc(C)c(C)c2)n1. The Morgan fingerprint density at radius 1 is 1.10 bits per heavy atom. The first kappa shape index (κ1) is 13.8. The van der Waals surface area contributed by atoms with Gasteiger partial charge in [-0.25, -0.2) is 9.97 Å². The summed E-state index contributed by atoms with van der Waals surface area (Å²) in [5, 5.41) is 11.2. The van der Waals surface area contributed by atoms with Crippen molar-refractivity contribution in [2.24, 2.45) is 0 Å². The van der Waals surface area contributed by atoms with Gasteiger partial charge in [-0.3, -0.25) is 5.32 Å². The lowest BCUT2D eigenvalue weighted by Gasteiger charge is -2.20. The molecule has 0 aliphatic heterocycles. The molecule has 0 aliphatic rings. The second-order valence-electron chi connectivity index (χ2n) is 4.72. The number of nitriles is 1. The van der Waals surface area contributed by atoms with Crippen LogP contribution in [0, 0.1) is 32.2 Å². The maximum Gasteiger partial charge on any atom is 0.182 e. The molecule has 0 aliphatic carbocycles. The summed E-state index contributed by atoms with van der Waals surface area (Å²) in [4.78, 5) is 10.5. The molecule has 1 aromatic heterocycles. The fraction of sp³-hybridized carbons (Fsp3) is 0.267. The maximum atomic E-state index is 8.69. The minimum Gasteiger partial charge on any atom is -0.329 e. The van der Waals surface area contributed by atoms with E-state index in [1.165, 1.54) is 11.1 Å². The van der Waals surface area contributed by atoms with Gasteiger partial charge in [0.15, 0.2) is 6.19 Å². The van der Waals surface area contributed by atoms with E-state index >= 15 is 0 Å². The van der Waals surface area contributed by atoms with Crippen molar-refractivity contribution in [3.05, 3.63) is 41.2 Å². The molecule has 2 aromatic rings. The van der Waals surface area contributed by atoms with Crippen LogP contribution in [0.4, 0.5) is 17.3 Å². The molecule has 0 spiro atoms. The van der Waals surface area contributed by atoms with Crippen molar-refractivity contribution in [1.29, 1.82) is 5.26 Å². The summed E-state index contributed by atoms with van der Waals surface area (Å²) in [7, 11) is 1.95. The smallest absolute Gasteiger partial charge is 0.182 e. The highest BCUT2D eigenvalue weighted by molar-refractivity contribution is 5.63. The Morgan fingerprint density at radius 2 is 1.85 bits per heavy atom. The fourth-order valence-electron chi connectivity index (χ4n) is 1.91. The number of nitrogens with one attached hydrogen (secondary N) is 1. The monoisotopic (exact) mass is 267 g/mol. The summed E-state index contributed by atoms with van der Waals surface area (Å²) in [5.41, 5.74) is 3.54. The number of nitrogens with zero attached hydrogens (tertiary/aromatic N) is 4. The summed E-state index contributed by atoms with van der Waals surface area (Å²) in [6.45, 7) is 5.98. The third-order valence-electron chi connectivity index (χ3n) is 3.23. The Labute approximate surface area is 118 Å². The van der Waals surface area contributed by atoms with E-state index in [2.05, 4.69) is 47.3 Å². The molecule has 0 unspecified atom stereocenters. The highest BCUT2D eigenvalue weighted by Gasteiger charge is 2.09. The van der Waals surface area contributed by atoms with Crippen LogP contribution in [-0.4, -0.2) is 17.0 Å². The van der Waals surface area contributed by atoms with Crippen LogP contribution >= 0.6 is 0 Å². The van der Waals surface area contributed by atoms with Crippen LogP contribution in [0.3, 0.4) is 0 Å². The Bertz CT molecular complexity index is 672. The van der Waals surface area contributed by atoms with Crippen molar-refractivity contribution in [2.45, 2.75) is 20.8 Å². The number of anilines is 3. The third-order valence-corrected chi connectivity index (χ3v) is 3.23.